The minimum Gasteiger partial charge on any atom is -0.508 e. The molecule has 0 radical (unpaired) electrons. The van der Waals surface area contributed by atoms with E-state index >= 15 is 0 Å². The fraction of sp³-hybridized carbons (Fsp3) is 0.429. The van der Waals surface area contributed by atoms with Crippen LogP contribution in [0.1, 0.15) is 26.3 Å². The predicted octanol–water partition coefficient (Wildman–Crippen LogP) is 1.06. The molecule has 0 spiro atoms. The van der Waals surface area contributed by atoms with Crippen molar-refractivity contribution in [1.29, 1.82) is 0 Å². The zero-order valence-corrected chi connectivity index (χ0v) is 11.7. The van der Waals surface area contributed by atoms with Crippen molar-refractivity contribution < 1.29 is 24.5 Å². The molecule has 0 heterocycles. The van der Waals surface area contributed by atoms with Crippen molar-refractivity contribution >= 4 is 11.9 Å². The summed E-state index contributed by atoms with van der Waals surface area (Å²) >= 11 is 0. The van der Waals surface area contributed by atoms with Crippen molar-refractivity contribution in [2.45, 2.75) is 38.3 Å². The Labute approximate surface area is 117 Å². The maximum atomic E-state index is 12.0. The van der Waals surface area contributed by atoms with Gasteiger partial charge in [-0.2, -0.15) is 0 Å². The van der Waals surface area contributed by atoms with Gasteiger partial charge >= 0.3 is 11.9 Å². The summed E-state index contributed by atoms with van der Waals surface area (Å²) in [6.07, 6.45) is -0.225. The van der Waals surface area contributed by atoms with E-state index in [-0.39, 0.29) is 12.2 Å². The highest BCUT2D eigenvalue weighted by Gasteiger charge is 2.45. The fourth-order valence-electron chi connectivity index (χ4n) is 1.54. The third-order valence-electron chi connectivity index (χ3n) is 2.56. The van der Waals surface area contributed by atoms with Crippen LogP contribution in [0.4, 0.5) is 0 Å². The number of hydrogen-bond acceptors (Lipinski definition) is 5. The summed E-state index contributed by atoms with van der Waals surface area (Å²) in [4.78, 5) is 23.4. The number of esters is 1. The van der Waals surface area contributed by atoms with Crippen LogP contribution in [0.25, 0.3) is 0 Å². The first-order chi connectivity index (χ1) is 9.04. The second-order valence-electron chi connectivity index (χ2n) is 5.62. The normalized spacial score (nSPS) is 14.4. The van der Waals surface area contributed by atoms with Crippen LogP contribution in [0.15, 0.2) is 24.3 Å². The Morgan fingerprint density at radius 3 is 2.10 bits per heavy atom. The molecule has 0 unspecified atom stereocenters. The zero-order chi connectivity index (χ0) is 15.6. The van der Waals surface area contributed by atoms with Crippen LogP contribution in [0.2, 0.25) is 0 Å². The first-order valence-corrected chi connectivity index (χ1v) is 6.08. The van der Waals surface area contributed by atoms with Gasteiger partial charge in [0.25, 0.3) is 0 Å². The molecule has 0 saturated carbocycles. The number of rotatable bonds is 4. The van der Waals surface area contributed by atoms with Crippen molar-refractivity contribution in [2.24, 2.45) is 5.73 Å². The lowest BCUT2D eigenvalue weighted by atomic mass is 9.91. The largest absolute Gasteiger partial charge is 0.508 e. The zero-order valence-electron chi connectivity index (χ0n) is 11.7. The maximum absolute atomic E-state index is 12.0. The molecule has 0 amide bonds. The molecule has 20 heavy (non-hydrogen) atoms. The summed E-state index contributed by atoms with van der Waals surface area (Å²) in [5.74, 6) is -2.41. The molecular weight excluding hydrogens is 262 g/mol. The van der Waals surface area contributed by atoms with Crippen molar-refractivity contribution in [1.82, 2.24) is 0 Å². The fourth-order valence-corrected chi connectivity index (χ4v) is 1.54. The summed E-state index contributed by atoms with van der Waals surface area (Å²) in [7, 11) is 0. The average molecular weight is 281 g/mol. The van der Waals surface area contributed by atoms with Gasteiger partial charge in [-0.3, -0.25) is 0 Å². The van der Waals surface area contributed by atoms with E-state index in [4.69, 9.17) is 10.5 Å². The molecule has 0 fully saturated rings. The average Bonchev–Trinajstić information content (AvgIpc) is 2.29. The molecule has 1 aromatic rings. The first kappa shape index (κ1) is 16.0. The number of phenolic OH excluding ortho intramolecular Hbond substituents is 1. The van der Waals surface area contributed by atoms with Gasteiger partial charge in [0.15, 0.2) is 0 Å². The van der Waals surface area contributed by atoms with Crippen LogP contribution in [0.5, 0.6) is 5.75 Å². The van der Waals surface area contributed by atoms with E-state index in [0.717, 1.165) is 0 Å². The molecule has 1 atom stereocenters. The van der Waals surface area contributed by atoms with Gasteiger partial charge in [-0.1, -0.05) is 12.1 Å². The number of carboxylic acid groups (broad SMARTS) is 1. The minimum atomic E-state index is -2.16. The Morgan fingerprint density at radius 1 is 1.20 bits per heavy atom. The van der Waals surface area contributed by atoms with Gasteiger partial charge < -0.3 is 20.7 Å². The van der Waals surface area contributed by atoms with Crippen molar-refractivity contribution in [3.63, 3.8) is 0 Å². The summed E-state index contributed by atoms with van der Waals surface area (Å²) in [6.45, 7) is 4.90. The molecular formula is C14H19NO5. The molecule has 6 nitrogen and oxygen atoms in total. The van der Waals surface area contributed by atoms with Crippen molar-refractivity contribution in [3.8, 4) is 5.75 Å². The van der Waals surface area contributed by atoms with Gasteiger partial charge in [0.1, 0.15) is 11.4 Å². The van der Waals surface area contributed by atoms with E-state index in [1.807, 2.05) is 0 Å². The number of nitrogens with two attached hydrogens (primary N) is 1. The molecule has 0 saturated heterocycles. The molecule has 4 N–H and O–H groups in total. The molecule has 0 aliphatic carbocycles. The van der Waals surface area contributed by atoms with E-state index in [0.29, 0.717) is 5.56 Å². The third kappa shape index (κ3) is 3.96. The van der Waals surface area contributed by atoms with Gasteiger partial charge in [0.05, 0.1) is 0 Å². The van der Waals surface area contributed by atoms with Crippen LogP contribution >= 0.6 is 0 Å². The molecule has 0 bridgehead atoms. The first-order valence-electron chi connectivity index (χ1n) is 6.08. The van der Waals surface area contributed by atoms with Gasteiger partial charge in [0.2, 0.25) is 5.54 Å². The van der Waals surface area contributed by atoms with E-state index < -0.39 is 23.1 Å². The molecule has 110 valence electrons. The number of carboxylic acids is 1. The Kier molecular flexibility index (Phi) is 4.39. The Balaban J connectivity index is 3.00. The van der Waals surface area contributed by atoms with E-state index in [1.165, 1.54) is 24.3 Å². The van der Waals surface area contributed by atoms with Crippen LogP contribution in [0.3, 0.4) is 0 Å². The Morgan fingerprint density at radius 2 is 1.70 bits per heavy atom. The highest BCUT2D eigenvalue weighted by Crippen LogP contribution is 2.19. The standard InChI is InChI=1S/C14H19NO5/c1-13(2,3)20-12(19)14(15,11(17)18)8-9-4-6-10(16)7-5-9/h4-7,16H,8,15H2,1-3H3,(H,17,18)/t14-/m1/s1. The second-order valence-corrected chi connectivity index (χ2v) is 5.62. The molecule has 1 aromatic carbocycles. The molecule has 0 aromatic heterocycles. The maximum Gasteiger partial charge on any atom is 0.338 e. The van der Waals surface area contributed by atoms with Crippen molar-refractivity contribution in [3.05, 3.63) is 29.8 Å². The quantitative estimate of drug-likeness (QED) is 0.562. The molecule has 0 aliphatic rings. The van der Waals surface area contributed by atoms with Crippen LogP contribution < -0.4 is 5.73 Å². The lowest BCUT2D eigenvalue weighted by Gasteiger charge is -2.28. The second kappa shape index (κ2) is 5.50. The summed E-state index contributed by atoms with van der Waals surface area (Å²) in [5.41, 5.74) is 3.25. The number of carbonyl (C=O) groups excluding carboxylic acids is 1. The molecule has 0 aliphatic heterocycles. The van der Waals surface area contributed by atoms with Gasteiger partial charge in [-0.25, -0.2) is 9.59 Å². The van der Waals surface area contributed by atoms with Gasteiger partial charge in [-0.05, 0) is 38.5 Å². The Bertz CT molecular complexity index is 503. The lowest BCUT2D eigenvalue weighted by Crippen LogP contribution is -2.58. The topological polar surface area (TPSA) is 110 Å². The smallest absolute Gasteiger partial charge is 0.338 e. The molecule has 1 rings (SSSR count). The number of ether oxygens (including phenoxy) is 1. The van der Waals surface area contributed by atoms with Crippen LogP contribution in [-0.2, 0) is 20.7 Å². The highest BCUT2D eigenvalue weighted by atomic mass is 16.6. The predicted molar refractivity (Wildman–Crippen MR) is 72.2 cm³/mol. The van der Waals surface area contributed by atoms with Gasteiger partial charge in [-0.15, -0.1) is 0 Å². The number of benzene rings is 1. The Hall–Kier alpha value is -2.08. The van der Waals surface area contributed by atoms with Crippen LogP contribution in [0, 0.1) is 0 Å². The molecule has 6 heteroatoms. The van der Waals surface area contributed by atoms with Crippen LogP contribution in [-0.4, -0.2) is 33.3 Å². The minimum absolute atomic E-state index is 0.0453. The lowest BCUT2D eigenvalue weighted by molar-refractivity contribution is -0.169. The van der Waals surface area contributed by atoms with Gasteiger partial charge in [0, 0.05) is 6.42 Å². The monoisotopic (exact) mass is 281 g/mol. The summed E-state index contributed by atoms with van der Waals surface area (Å²) in [5, 5.41) is 18.4. The van der Waals surface area contributed by atoms with Crippen molar-refractivity contribution in [2.75, 3.05) is 0 Å². The number of aliphatic carboxylic acids is 1. The van der Waals surface area contributed by atoms with E-state index in [1.54, 1.807) is 20.8 Å². The number of carbonyl (C=O) groups is 2. The number of aromatic hydroxyl groups is 1. The third-order valence-corrected chi connectivity index (χ3v) is 2.56. The SMILES string of the molecule is CC(C)(C)OC(=O)[C@@](N)(Cc1ccc(O)cc1)C(=O)O. The number of phenols is 1. The van der Waals surface area contributed by atoms with E-state index in [2.05, 4.69) is 0 Å². The number of hydrogen-bond donors (Lipinski definition) is 3. The summed E-state index contributed by atoms with van der Waals surface area (Å²) < 4.78 is 5.07. The highest BCUT2D eigenvalue weighted by molar-refractivity contribution is 6.04. The van der Waals surface area contributed by atoms with E-state index in [9.17, 15) is 19.8 Å². The summed E-state index contributed by atoms with van der Waals surface area (Å²) in [6, 6.07) is 5.80.